The molecule has 0 bridgehead atoms. The summed E-state index contributed by atoms with van der Waals surface area (Å²) in [6.45, 7) is 5.20. The van der Waals surface area contributed by atoms with Crippen molar-refractivity contribution in [3.05, 3.63) is 48.3 Å². The molecular weight excluding hydrogens is 302 g/mol. The number of carbonyl (C=O) groups is 1. The Morgan fingerprint density at radius 2 is 1.64 bits per heavy atom. The van der Waals surface area contributed by atoms with Gasteiger partial charge >= 0.3 is 0 Å². The smallest absolute Gasteiger partial charge is 0.273 e. The first-order valence-electron chi connectivity index (χ1n) is 6.77. The minimum Gasteiger partial charge on any atom is -0.274 e. The summed E-state index contributed by atoms with van der Waals surface area (Å²) in [5.74, 6) is -0.541. The van der Waals surface area contributed by atoms with E-state index in [1.807, 2.05) is 13.8 Å². The lowest BCUT2D eigenvalue weighted by molar-refractivity contribution is -0.115. The number of carbonyl (C=O) groups excluding carboxylic acids is 1. The molecule has 0 fully saturated rings. The summed E-state index contributed by atoms with van der Waals surface area (Å²) in [6, 6.07) is 8.00. The Bertz CT molecular complexity index is 756. The molecule has 116 valence electrons. The predicted octanol–water partition coefficient (Wildman–Crippen LogP) is 2.34. The molecule has 0 saturated heterocycles. The van der Waals surface area contributed by atoms with Gasteiger partial charge in [-0.1, -0.05) is 26.0 Å². The highest BCUT2D eigenvalue weighted by Crippen LogP contribution is 2.22. The van der Waals surface area contributed by atoms with Crippen molar-refractivity contribution < 1.29 is 13.2 Å². The number of anilines is 1. The number of hydrogen-bond donors (Lipinski definition) is 0. The zero-order chi connectivity index (χ0) is 16.3. The Balaban J connectivity index is 2.48. The van der Waals surface area contributed by atoms with Crippen LogP contribution in [-0.2, 0) is 14.8 Å². The minimum absolute atomic E-state index is 0.0274. The van der Waals surface area contributed by atoms with E-state index in [1.54, 1.807) is 18.2 Å². The fourth-order valence-corrected chi connectivity index (χ4v) is 3.28. The third-order valence-electron chi connectivity index (χ3n) is 3.10. The number of sulfonamides is 1. The van der Waals surface area contributed by atoms with Gasteiger partial charge in [0.25, 0.3) is 10.0 Å². The second-order valence-electron chi connectivity index (χ2n) is 5.06. The average molecular weight is 319 g/mol. The van der Waals surface area contributed by atoms with Gasteiger partial charge in [0.2, 0.25) is 11.9 Å². The molecule has 2 rings (SSSR count). The molecule has 0 aliphatic carbocycles. The molecule has 1 amide bonds. The van der Waals surface area contributed by atoms with Crippen LogP contribution in [0, 0.1) is 0 Å². The molecule has 1 aromatic heterocycles. The molecule has 1 heterocycles. The number of amides is 1. The molecule has 0 atom stereocenters. The molecule has 0 aliphatic heterocycles. The summed E-state index contributed by atoms with van der Waals surface area (Å²) in [7, 11) is -4.04. The van der Waals surface area contributed by atoms with E-state index in [4.69, 9.17) is 0 Å². The third kappa shape index (κ3) is 3.14. The average Bonchev–Trinajstić information content (AvgIpc) is 2.48. The monoisotopic (exact) mass is 319 g/mol. The van der Waals surface area contributed by atoms with Gasteiger partial charge in [0, 0.05) is 19.3 Å². The summed E-state index contributed by atoms with van der Waals surface area (Å²) in [5, 5.41) is 0. The maximum absolute atomic E-state index is 12.7. The summed E-state index contributed by atoms with van der Waals surface area (Å²) >= 11 is 0. The summed E-state index contributed by atoms with van der Waals surface area (Å²) < 4.78 is 26.0. The lowest BCUT2D eigenvalue weighted by Gasteiger charge is -2.19. The van der Waals surface area contributed by atoms with Crippen LogP contribution in [0.15, 0.2) is 47.6 Å². The van der Waals surface area contributed by atoms with Crippen molar-refractivity contribution in [2.45, 2.75) is 31.6 Å². The minimum atomic E-state index is -4.04. The maximum atomic E-state index is 12.7. The van der Waals surface area contributed by atoms with Crippen LogP contribution >= 0.6 is 0 Å². The molecular formula is C15H17N3O3S. The SMILES string of the molecule is CC(=O)N(c1ncccn1)S(=O)(=O)c1ccc(C(C)C)cc1. The van der Waals surface area contributed by atoms with Crippen LogP contribution in [-0.4, -0.2) is 24.3 Å². The first kappa shape index (κ1) is 16.1. The van der Waals surface area contributed by atoms with Crippen molar-refractivity contribution in [3.8, 4) is 0 Å². The molecule has 0 aliphatic rings. The van der Waals surface area contributed by atoms with Gasteiger partial charge in [0.1, 0.15) is 0 Å². The standard InChI is InChI=1S/C15H17N3O3S/c1-11(2)13-5-7-14(8-6-13)22(20,21)18(12(3)19)15-16-9-4-10-17-15/h4-11H,1-3H3. The van der Waals surface area contributed by atoms with Gasteiger partial charge in [-0.15, -0.1) is 0 Å². The maximum Gasteiger partial charge on any atom is 0.273 e. The quantitative estimate of drug-likeness (QED) is 0.864. The number of benzene rings is 1. The Labute approximate surface area is 129 Å². The molecule has 2 aromatic rings. The molecule has 0 radical (unpaired) electrons. The van der Waals surface area contributed by atoms with Crippen molar-refractivity contribution >= 4 is 21.9 Å². The van der Waals surface area contributed by atoms with E-state index in [1.165, 1.54) is 24.5 Å². The van der Waals surface area contributed by atoms with Gasteiger partial charge < -0.3 is 0 Å². The molecule has 0 spiro atoms. The van der Waals surface area contributed by atoms with Crippen molar-refractivity contribution in [1.29, 1.82) is 0 Å². The normalized spacial score (nSPS) is 11.5. The predicted molar refractivity (Wildman–Crippen MR) is 82.9 cm³/mol. The fraction of sp³-hybridized carbons (Fsp3) is 0.267. The van der Waals surface area contributed by atoms with Gasteiger partial charge in [-0.25, -0.2) is 18.4 Å². The molecule has 0 N–H and O–H groups in total. The van der Waals surface area contributed by atoms with E-state index >= 15 is 0 Å². The van der Waals surface area contributed by atoms with Crippen LogP contribution in [0.1, 0.15) is 32.3 Å². The highest BCUT2D eigenvalue weighted by atomic mass is 32.2. The van der Waals surface area contributed by atoms with E-state index in [2.05, 4.69) is 9.97 Å². The Kier molecular flexibility index (Phi) is 4.56. The van der Waals surface area contributed by atoms with Crippen LogP contribution in [0.5, 0.6) is 0 Å². The summed E-state index contributed by atoms with van der Waals surface area (Å²) in [5.41, 5.74) is 1.02. The van der Waals surface area contributed by atoms with Gasteiger partial charge in [-0.2, -0.15) is 4.31 Å². The first-order valence-corrected chi connectivity index (χ1v) is 8.21. The number of hydrogen-bond acceptors (Lipinski definition) is 5. The third-order valence-corrected chi connectivity index (χ3v) is 4.87. The van der Waals surface area contributed by atoms with Crippen molar-refractivity contribution in [2.75, 3.05) is 4.31 Å². The summed E-state index contributed by atoms with van der Waals surface area (Å²) in [4.78, 5) is 19.5. The lowest BCUT2D eigenvalue weighted by atomic mass is 10.0. The molecule has 7 heteroatoms. The van der Waals surface area contributed by atoms with Gasteiger partial charge in [-0.3, -0.25) is 4.79 Å². The fourth-order valence-electron chi connectivity index (χ4n) is 1.94. The van der Waals surface area contributed by atoms with Gasteiger partial charge in [0.15, 0.2) is 0 Å². The van der Waals surface area contributed by atoms with Crippen LogP contribution in [0.3, 0.4) is 0 Å². The molecule has 6 nitrogen and oxygen atoms in total. The Morgan fingerprint density at radius 1 is 1.09 bits per heavy atom. The highest BCUT2D eigenvalue weighted by molar-refractivity contribution is 7.93. The molecule has 0 saturated carbocycles. The van der Waals surface area contributed by atoms with Crippen molar-refractivity contribution in [2.24, 2.45) is 0 Å². The van der Waals surface area contributed by atoms with E-state index in [0.717, 1.165) is 12.5 Å². The first-order chi connectivity index (χ1) is 10.3. The second-order valence-corrected chi connectivity index (χ2v) is 6.85. The number of rotatable bonds is 4. The highest BCUT2D eigenvalue weighted by Gasteiger charge is 2.30. The van der Waals surface area contributed by atoms with E-state index in [9.17, 15) is 13.2 Å². The number of aromatic nitrogens is 2. The van der Waals surface area contributed by atoms with Crippen molar-refractivity contribution in [1.82, 2.24) is 9.97 Å². The zero-order valence-electron chi connectivity index (χ0n) is 12.6. The Morgan fingerprint density at radius 3 is 2.09 bits per heavy atom. The largest absolute Gasteiger partial charge is 0.274 e. The Hall–Kier alpha value is -2.28. The van der Waals surface area contributed by atoms with Crippen LogP contribution in [0.4, 0.5) is 5.95 Å². The van der Waals surface area contributed by atoms with Crippen LogP contribution in [0.25, 0.3) is 0 Å². The van der Waals surface area contributed by atoms with E-state index in [0.29, 0.717) is 4.31 Å². The van der Waals surface area contributed by atoms with Crippen LogP contribution < -0.4 is 4.31 Å². The molecule has 1 aromatic carbocycles. The second kappa shape index (κ2) is 6.23. The van der Waals surface area contributed by atoms with Gasteiger partial charge in [-0.05, 0) is 29.7 Å². The van der Waals surface area contributed by atoms with E-state index in [-0.39, 0.29) is 16.8 Å². The molecule has 22 heavy (non-hydrogen) atoms. The molecule has 0 unspecified atom stereocenters. The van der Waals surface area contributed by atoms with E-state index < -0.39 is 15.9 Å². The topological polar surface area (TPSA) is 80.2 Å². The van der Waals surface area contributed by atoms with Crippen molar-refractivity contribution in [3.63, 3.8) is 0 Å². The zero-order valence-corrected chi connectivity index (χ0v) is 13.4. The summed E-state index contributed by atoms with van der Waals surface area (Å²) in [6.07, 6.45) is 2.77. The number of nitrogens with zero attached hydrogens (tertiary/aromatic N) is 3. The van der Waals surface area contributed by atoms with Crippen LogP contribution in [0.2, 0.25) is 0 Å². The lowest BCUT2D eigenvalue weighted by Crippen LogP contribution is -2.36. The van der Waals surface area contributed by atoms with Gasteiger partial charge in [0.05, 0.1) is 4.90 Å².